The average Bonchev–Trinajstić information content (AvgIpc) is 3.06. The predicted molar refractivity (Wildman–Crippen MR) is 83.8 cm³/mol. The van der Waals surface area contributed by atoms with Crippen molar-refractivity contribution in [2.45, 2.75) is 20.3 Å². The van der Waals surface area contributed by atoms with Crippen LogP contribution in [0.15, 0.2) is 40.9 Å². The van der Waals surface area contributed by atoms with Crippen molar-refractivity contribution >= 4 is 17.2 Å². The Morgan fingerprint density at radius 3 is 2.55 bits per heavy atom. The van der Waals surface area contributed by atoms with Crippen LogP contribution >= 0.6 is 11.3 Å². The summed E-state index contributed by atoms with van der Waals surface area (Å²) in [4.78, 5) is 2.39. The summed E-state index contributed by atoms with van der Waals surface area (Å²) in [5.41, 5.74) is 9.13. The second-order valence-corrected chi connectivity index (χ2v) is 5.93. The number of hydrogen-bond donors (Lipinski definition) is 1. The molecule has 0 amide bonds. The Morgan fingerprint density at radius 2 is 1.90 bits per heavy atom. The van der Waals surface area contributed by atoms with Crippen LogP contribution in [0.2, 0.25) is 0 Å². The van der Waals surface area contributed by atoms with Crippen LogP contribution in [0.5, 0.6) is 0 Å². The summed E-state index contributed by atoms with van der Waals surface area (Å²) in [7, 11) is 0. The third-order valence-electron chi connectivity index (χ3n) is 3.29. The second kappa shape index (κ2) is 5.13. The number of aryl methyl sites for hydroxylation is 2. The van der Waals surface area contributed by atoms with E-state index in [1.165, 1.54) is 10.4 Å². The zero-order valence-corrected chi connectivity index (χ0v) is 12.3. The normalized spacial score (nSPS) is 10.9. The number of nitrogen functional groups attached to an aromatic ring is 1. The van der Waals surface area contributed by atoms with E-state index in [4.69, 9.17) is 10.3 Å². The van der Waals surface area contributed by atoms with E-state index in [-0.39, 0.29) is 0 Å². The highest BCUT2D eigenvalue weighted by atomic mass is 32.1. The van der Waals surface area contributed by atoms with E-state index >= 15 is 0 Å². The number of nitrogens with two attached hydrogens (primary N) is 1. The van der Waals surface area contributed by atoms with Gasteiger partial charge in [0, 0.05) is 4.88 Å². The average molecular weight is 284 g/mol. The maximum absolute atomic E-state index is 5.99. The lowest BCUT2D eigenvalue weighted by molar-refractivity contribution is 0.437. The summed E-state index contributed by atoms with van der Waals surface area (Å²) in [6.07, 6.45) is 1.02. The van der Waals surface area contributed by atoms with Crippen LogP contribution in [0.4, 0.5) is 5.82 Å². The first-order valence-electron chi connectivity index (χ1n) is 6.60. The van der Waals surface area contributed by atoms with Gasteiger partial charge in [-0.2, -0.15) is 0 Å². The molecule has 2 N–H and O–H groups in total. The monoisotopic (exact) mass is 284 g/mol. The van der Waals surface area contributed by atoms with Gasteiger partial charge in [-0.05, 0) is 31.0 Å². The van der Waals surface area contributed by atoms with Gasteiger partial charge in [-0.3, -0.25) is 0 Å². The Balaban J connectivity index is 2.11. The molecule has 1 aromatic carbocycles. The third kappa shape index (κ3) is 2.23. The number of thiophene rings is 1. The van der Waals surface area contributed by atoms with Crippen LogP contribution in [0.1, 0.15) is 17.4 Å². The summed E-state index contributed by atoms with van der Waals surface area (Å²) in [6.45, 7) is 4.21. The fourth-order valence-corrected chi connectivity index (χ4v) is 3.09. The maximum Gasteiger partial charge on any atom is 0.186 e. The van der Waals surface area contributed by atoms with Gasteiger partial charge in [-0.1, -0.05) is 41.9 Å². The van der Waals surface area contributed by atoms with Crippen LogP contribution in [-0.4, -0.2) is 5.16 Å². The van der Waals surface area contributed by atoms with Crippen molar-refractivity contribution in [3.05, 3.63) is 46.8 Å². The van der Waals surface area contributed by atoms with Crippen molar-refractivity contribution in [2.75, 3.05) is 5.73 Å². The van der Waals surface area contributed by atoms with E-state index in [1.807, 2.05) is 0 Å². The van der Waals surface area contributed by atoms with Crippen LogP contribution in [0, 0.1) is 6.92 Å². The number of benzene rings is 1. The number of rotatable bonds is 3. The summed E-state index contributed by atoms with van der Waals surface area (Å²) in [5, 5.41) is 3.94. The first-order valence-corrected chi connectivity index (χ1v) is 7.42. The summed E-state index contributed by atoms with van der Waals surface area (Å²) < 4.78 is 5.46. The molecule has 0 saturated heterocycles. The van der Waals surface area contributed by atoms with Gasteiger partial charge in [0.1, 0.15) is 0 Å². The molecule has 0 aliphatic carbocycles. The molecule has 2 aromatic heterocycles. The fourth-order valence-electron chi connectivity index (χ4n) is 2.16. The third-order valence-corrected chi connectivity index (χ3v) is 4.52. The molecule has 0 fully saturated rings. The number of anilines is 1. The molecule has 3 rings (SSSR count). The van der Waals surface area contributed by atoms with Gasteiger partial charge in [0.05, 0.1) is 10.4 Å². The molecule has 4 heteroatoms. The number of hydrogen-bond acceptors (Lipinski definition) is 4. The van der Waals surface area contributed by atoms with Gasteiger partial charge in [-0.15, -0.1) is 11.3 Å². The molecular weight excluding hydrogens is 268 g/mol. The van der Waals surface area contributed by atoms with E-state index in [1.54, 1.807) is 11.3 Å². The molecule has 3 nitrogen and oxygen atoms in total. The van der Waals surface area contributed by atoms with Crippen LogP contribution in [-0.2, 0) is 6.42 Å². The smallest absolute Gasteiger partial charge is 0.186 e. The molecule has 3 aromatic rings. The molecule has 0 radical (unpaired) electrons. The van der Waals surface area contributed by atoms with E-state index < -0.39 is 0 Å². The zero-order valence-electron chi connectivity index (χ0n) is 11.5. The first-order chi connectivity index (χ1) is 9.69. The van der Waals surface area contributed by atoms with E-state index in [9.17, 15) is 0 Å². The minimum atomic E-state index is 0.440. The molecular formula is C16H16N2OS. The zero-order chi connectivity index (χ0) is 14.1. The molecule has 2 heterocycles. The standard InChI is InChI=1S/C16H16N2OS/c1-3-12-8-9-13(20-12)15-14(16(17)18-19-15)11-6-4-10(2)5-7-11/h4-9H,3H2,1-2H3,(H2,17,18). The van der Waals surface area contributed by atoms with Gasteiger partial charge < -0.3 is 10.3 Å². The Labute approximate surface area is 122 Å². The number of nitrogens with zero attached hydrogens (tertiary/aromatic N) is 1. The molecule has 0 unspecified atom stereocenters. The highest BCUT2D eigenvalue weighted by Crippen LogP contribution is 2.39. The second-order valence-electron chi connectivity index (χ2n) is 4.76. The summed E-state index contributed by atoms with van der Waals surface area (Å²) in [5.74, 6) is 1.20. The summed E-state index contributed by atoms with van der Waals surface area (Å²) >= 11 is 1.72. The van der Waals surface area contributed by atoms with Crippen molar-refractivity contribution in [1.29, 1.82) is 0 Å². The topological polar surface area (TPSA) is 52.0 Å². The van der Waals surface area contributed by atoms with Crippen molar-refractivity contribution in [3.8, 4) is 21.8 Å². The Hall–Kier alpha value is -2.07. The Morgan fingerprint density at radius 1 is 1.15 bits per heavy atom. The van der Waals surface area contributed by atoms with Gasteiger partial charge in [0.2, 0.25) is 0 Å². The Kier molecular flexibility index (Phi) is 3.32. The van der Waals surface area contributed by atoms with Gasteiger partial charge in [-0.25, -0.2) is 0 Å². The predicted octanol–water partition coefficient (Wildman–Crippen LogP) is 4.52. The number of aromatic nitrogens is 1. The van der Waals surface area contributed by atoms with Crippen molar-refractivity contribution in [3.63, 3.8) is 0 Å². The molecule has 0 bridgehead atoms. The summed E-state index contributed by atoms with van der Waals surface area (Å²) in [6, 6.07) is 12.4. The highest BCUT2D eigenvalue weighted by molar-refractivity contribution is 7.15. The molecule has 0 aliphatic rings. The minimum absolute atomic E-state index is 0.440. The van der Waals surface area contributed by atoms with E-state index in [0.717, 1.165) is 28.2 Å². The van der Waals surface area contributed by atoms with E-state index in [0.29, 0.717) is 5.82 Å². The van der Waals surface area contributed by atoms with Crippen molar-refractivity contribution < 1.29 is 4.52 Å². The maximum atomic E-state index is 5.99. The van der Waals surface area contributed by atoms with Gasteiger partial charge >= 0.3 is 0 Å². The molecule has 0 spiro atoms. The highest BCUT2D eigenvalue weighted by Gasteiger charge is 2.18. The first kappa shape index (κ1) is 12.9. The lowest BCUT2D eigenvalue weighted by Gasteiger charge is -2.02. The molecule has 20 heavy (non-hydrogen) atoms. The lowest BCUT2D eigenvalue weighted by atomic mass is 10.0. The molecule has 102 valence electrons. The molecule has 0 atom stereocenters. The lowest BCUT2D eigenvalue weighted by Crippen LogP contribution is -1.88. The van der Waals surface area contributed by atoms with Crippen LogP contribution in [0.3, 0.4) is 0 Å². The van der Waals surface area contributed by atoms with Crippen molar-refractivity contribution in [1.82, 2.24) is 5.16 Å². The van der Waals surface area contributed by atoms with Crippen LogP contribution < -0.4 is 5.73 Å². The Bertz CT molecular complexity index is 725. The SMILES string of the molecule is CCc1ccc(-c2onc(N)c2-c2ccc(C)cc2)s1. The largest absolute Gasteiger partial charge is 0.380 e. The van der Waals surface area contributed by atoms with Gasteiger partial charge in [0.15, 0.2) is 11.6 Å². The quantitative estimate of drug-likeness (QED) is 0.769. The molecule has 0 aliphatic heterocycles. The minimum Gasteiger partial charge on any atom is -0.380 e. The van der Waals surface area contributed by atoms with Crippen molar-refractivity contribution in [2.24, 2.45) is 0 Å². The van der Waals surface area contributed by atoms with Gasteiger partial charge in [0.25, 0.3) is 0 Å². The van der Waals surface area contributed by atoms with E-state index in [2.05, 4.69) is 55.4 Å². The molecule has 0 saturated carbocycles. The van der Waals surface area contributed by atoms with Crippen LogP contribution in [0.25, 0.3) is 21.8 Å². The fraction of sp³-hybridized carbons (Fsp3) is 0.188.